The molecule has 0 bridgehead atoms. The molecule has 114 valence electrons. The van der Waals surface area contributed by atoms with Gasteiger partial charge < -0.3 is 24.8 Å². The first kappa shape index (κ1) is 16.8. The van der Waals surface area contributed by atoms with E-state index in [4.69, 9.17) is 9.52 Å². The molecule has 6 nitrogen and oxygen atoms in total. The summed E-state index contributed by atoms with van der Waals surface area (Å²) in [5.41, 5.74) is 0.373. The Kier molecular flexibility index (Phi) is 6.35. The van der Waals surface area contributed by atoms with Crippen LogP contribution in [0, 0.1) is 6.92 Å². The van der Waals surface area contributed by atoms with Crippen molar-refractivity contribution in [3.05, 3.63) is 23.2 Å². The average Bonchev–Trinajstić information content (AvgIpc) is 2.84. The lowest BCUT2D eigenvalue weighted by Crippen LogP contribution is -2.34. The molecule has 0 aliphatic carbocycles. The molecule has 0 unspecified atom stereocenters. The van der Waals surface area contributed by atoms with E-state index >= 15 is 0 Å². The van der Waals surface area contributed by atoms with Crippen molar-refractivity contribution in [2.45, 2.75) is 51.4 Å². The number of furan rings is 1. The van der Waals surface area contributed by atoms with Crippen LogP contribution < -0.4 is 0 Å². The monoisotopic (exact) mass is 286 g/mol. The van der Waals surface area contributed by atoms with Crippen LogP contribution in [0.15, 0.2) is 10.5 Å². The van der Waals surface area contributed by atoms with Gasteiger partial charge in [0, 0.05) is 6.42 Å². The summed E-state index contributed by atoms with van der Waals surface area (Å²) < 4.78 is 5.27. The lowest BCUT2D eigenvalue weighted by molar-refractivity contribution is -0.0837. The number of aryl methyl sites for hydroxylation is 1. The van der Waals surface area contributed by atoms with E-state index in [1.807, 2.05) is 6.92 Å². The van der Waals surface area contributed by atoms with E-state index in [0.717, 1.165) is 12.8 Å². The molecule has 0 aliphatic heterocycles. The third-order valence-electron chi connectivity index (χ3n) is 3.19. The Labute approximate surface area is 117 Å². The predicted octanol–water partition coefficient (Wildman–Crippen LogP) is 0.708. The van der Waals surface area contributed by atoms with Gasteiger partial charge in [0.1, 0.15) is 29.8 Å². The van der Waals surface area contributed by atoms with Gasteiger partial charge in [-0.15, -0.1) is 0 Å². The number of rotatable bonds is 8. The number of carbonyl (C=O) groups excluding carboxylic acids is 1. The average molecular weight is 286 g/mol. The highest BCUT2D eigenvalue weighted by atomic mass is 16.4. The van der Waals surface area contributed by atoms with Gasteiger partial charge in [-0.05, 0) is 19.4 Å². The van der Waals surface area contributed by atoms with Crippen LogP contribution in [0.1, 0.15) is 54.2 Å². The second kappa shape index (κ2) is 7.54. The summed E-state index contributed by atoms with van der Waals surface area (Å²) in [5, 5.41) is 37.5. The summed E-state index contributed by atoms with van der Waals surface area (Å²) in [4.78, 5) is 11.9. The van der Waals surface area contributed by atoms with Crippen molar-refractivity contribution in [1.82, 2.24) is 0 Å². The first-order chi connectivity index (χ1) is 9.42. The van der Waals surface area contributed by atoms with Crippen LogP contribution in [0.2, 0.25) is 0 Å². The van der Waals surface area contributed by atoms with Crippen LogP contribution in [-0.4, -0.2) is 45.0 Å². The third-order valence-corrected chi connectivity index (χ3v) is 3.19. The van der Waals surface area contributed by atoms with Gasteiger partial charge in [-0.1, -0.05) is 13.3 Å². The number of hydrogen-bond acceptors (Lipinski definition) is 6. The molecule has 3 atom stereocenters. The molecule has 4 N–H and O–H groups in total. The molecule has 0 amide bonds. The first-order valence-corrected chi connectivity index (χ1v) is 6.70. The molecule has 0 aromatic carbocycles. The molecule has 20 heavy (non-hydrogen) atoms. The SMILES string of the molecule is CCCCC(=O)c1cc([C@@H](O)[C@H](O)[C@H](O)CO)oc1C. The maximum Gasteiger partial charge on any atom is 0.166 e. The molecular formula is C14H22O6. The maximum absolute atomic E-state index is 11.9. The van der Waals surface area contributed by atoms with Crippen LogP contribution in [0.5, 0.6) is 0 Å². The summed E-state index contributed by atoms with van der Waals surface area (Å²) >= 11 is 0. The normalized spacial score (nSPS) is 15.9. The Bertz CT molecular complexity index is 439. The van der Waals surface area contributed by atoms with E-state index < -0.39 is 24.9 Å². The smallest absolute Gasteiger partial charge is 0.166 e. The number of unbranched alkanes of at least 4 members (excludes halogenated alkanes) is 1. The van der Waals surface area contributed by atoms with Gasteiger partial charge in [0.2, 0.25) is 0 Å². The molecule has 1 rings (SSSR count). The van der Waals surface area contributed by atoms with E-state index in [1.54, 1.807) is 6.92 Å². The maximum atomic E-state index is 11.9. The number of Topliss-reactive ketones (excluding diaryl/α,β-unsaturated/α-hetero) is 1. The van der Waals surface area contributed by atoms with E-state index in [9.17, 15) is 20.1 Å². The number of ketones is 1. The lowest BCUT2D eigenvalue weighted by Gasteiger charge is -2.19. The zero-order valence-electron chi connectivity index (χ0n) is 11.7. The van der Waals surface area contributed by atoms with E-state index in [-0.39, 0.29) is 11.5 Å². The summed E-state index contributed by atoms with van der Waals surface area (Å²) in [6, 6.07) is 1.38. The topological polar surface area (TPSA) is 111 Å². The van der Waals surface area contributed by atoms with Crippen LogP contribution in [0.4, 0.5) is 0 Å². The van der Waals surface area contributed by atoms with Gasteiger partial charge in [-0.3, -0.25) is 4.79 Å². The highest BCUT2D eigenvalue weighted by Crippen LogP contribution is 2.25. The molecule has 1 aromatic heterocycles. The quantitative estimate of drug-likeness (QED) is 0.524. The molecule has 0 radical (unpaired) electrons. The van der Waals surface area contributed by atoms with Crippen molar-refractivity contribution < 1.29 is 29.6 Å². The van der Waals surface area contributed by atoms with Gasteiger partial charge in [-0.25, -0.2) is 0 Å². The minimum atomic E-state index is -1.58. The van der Waals surface area contributed by atoms with Crippen LogP contribution in [0.3, 0.4) is 0 Å². The highest BCUT2D eigenvalue weighted by molar-refractivity contribution is 5.97. The fourth-order valence-corrected chi connectivity index (χ4v) is 1.89. The Morgan fingerprint density at radius 2 is 2.00 bits per heavy atom. The lowest BCUT2D eigenvalue weighted by atomic mass is 10.0. The molecule has 1 heterocycles. The van der Waals surface area contributed by atoms with Crippen molar-refractivity contribution in [2.24, 2.45) is 0 Å². The van der Waals surface area contributed by atoms with E-state index in [1.165, 1.54) is 6.07 Å². The van der Waals surface area contributed by atoms with Crippen LogP contribution >= 0.6 is 0 Å². The van der Waals surface area contributed by atoms with Crippen molar-refractivity contribution in [3.8, 4) is 0 Å². The van der Waals surface area contributed by atoms with Gasteiger partial charge in [-0.2, -0.15) is 0 Å². The van der Waals surface area contributed by atoms with Crippen molar-refractivity contribution in [2.75, 3.05) is 6.61 Å². The minimum absolute atomic E-state index is 0.00217. The molecule has 0 saturated carbocycles. The Morgan fingerprint density at radius 3 is 2.55 bits per heavy atom. The fourth-order valence-electron chi connectivity index (χ4n) is 1.89. The molecule has 6 heteroatoms. The second-order valence-electron chi connectivity index (χ2n) is 4.83. The zero-order valence-corrected chi connectivity index (χ0v) is 11.7. The molecular weight excluding hydrogens is 264 g/mol. The first-order valence-electron chi connectivity index (χ1n) is 6.70. The van der Waals surface area contributed by atoms with E-state index in [2.05, 4.69) is 0 Å². The van der Waals surface area contributed by atoms with Crippen molar-refractivity contribution in [1.29, 1.82) is 0 Å². The van der Waals surface area contributed by atoms with Crippen molar-refractivity contribution in [3.63, 3.8) is 0 Å². The molecule has 0 spiro atoms. The van der Waals surface area contributed by atoms with Gasteiger partial charge in [0.15, 0.2) is 5.78 Å². The molecule has 0 saturated heterocycles. The summed E-state index contributed by atoms with van der Waals surface area (Å²) in [7, 11) is 0. The summed E-state index contributed by atoms with van der Waals surface area (Å²) in [6.45, 7) is 2.90. The Hall–Kier alpha value is -1.21. The Morgan fingerprint density at radius 1 is 1.35 bits per heavy atom. The largest absolute Gasteiger partial charge is 0.463 e. The van der Waals surface area contributed by atoms with Crippen LogP contribution in [0.25, 0.3) is 0 Å². The van der Waals surface area contributed by atoms with Gasteiger partial charge in [0.05, 0.1) is 12.2 Å². The number of aliphatic hydroxyl groups excluding tert-OH is 4. The van der Waals surface area contributed by atoms with Crippen molar-refractivity contribution >= 4 is 5.78 Å². The number of aliphatic hydroxyl groups is 4. The standard InChI is InChI=1S/C14H22O6/c1-3-4-5-10(16)9-6-12(20-8(9)2)14(19)13(18)11(17)7-15/h6,11,13-15,17-19H,3-5,7H2,1-2H3/t11-,13-,14-/m1/s1. The molecule has 1 aromatic rings. The second-order valence-corrected chi connectivity index (χ2v) is 4.83. The van der Waals surface area contributed by atoms with Crippen LogP contribution in [-0.2, 0) is 0 Å². The highest BCUT2D eigenvalue weighted by Gasteiger charge is 2.29. The minimum Gasteiger partial charge on any atom is -0.463 e. The fraction of sp³-hybridized carbons (Fsp3) is 0.643. The van der Waals surface area contributed by atoms with Gasteiger partial charge >= 0.3 is 0 Å². The summed E-state index contributed by atoms with van der Waals surface area (Å²) in [6.07, 6.45) is -2.48. The molecule has 0 aliphatic rings. The third kappa shape index (κ3) is 3.89. The number of carbonyl (C=O) groups is 1. The number of hydrogen-bond donors (Lipinski definition) is 4. The van der Waals surface area contributed by atoms with E-state index in [0.29, 0.717) is 17.7 Å². The predicted molar refractivity (Wildman–Crippen MR) is 71.4 cm³/mol. The zero-order chi connectivity index (χ0) is 15.3. The van der Waals surface area contributed by atoms with Gasteiger partial charge in [0.25, 0.3) is 0 Å². The Balaban J connectivity index is 2.86. The molecule has 0 fully saturated rings. The summed E-state index contributed by atoms with van der Waals surface area (Å²) in [5.74, 6) is 0.289.